The Morgan fingerprint density at radius 3 is 2.88 bits per heavy atom. The second-order valence-corrected chi connectivity index (χ2v) is 7.07. The molecule has 2 aliphatic heterocycles. The number of phenols is 1. The number of halogens is 1. The molecule has 1 aromatic heterocycles. The highest BCUT2D eigenvalue weighted by atomic mass is 19.1. The van der Waals surface area contributed by atoms with Crippen LogP contribution < -0.4 is 5.32 Å². The maximum atomic E-state index is 13.9. The summed E-state index contributed by atoms with van der Waals surface area (Å²) in [5.41, 5.74) is 3.35. The van der Waals surface area contributed by atoms with Gasteiger partial charge in [0.1, 0.15) is 17.6 Å². The van der Waals surface area contributed by atoms with E-state index >= 15 is 0 Å². The zero-order chi connectivity index (χ0) is 18.1. The molecule has 0 amide bonds. The molecular weight excluding hydrogens is 335 g/mol. The summed E-state index contributed by atoms with van der Waals surface area (Å²) in [6, 6.07) is 7.12. The van der Waals surface area contributed by atoms with Crippen LogP contribution in [0.4, 0.5) is 10.2 Å². The molecule has 6 nitrogen and oxygen atoms in total. The van der Waals surface area contributed by atoms with Crippen molar-refractivity contribution in [2.45, 2.75) is 31.7 Å². The van der Waals surface area contributed by atoms with Gasteiger partial charge >= 0.3 is 0 Å². The van der Waals surface area contributed by atoms with E-state index in [0.717, 1.165) is 17.7 Å². The molecule has 2 aromatic rings. The third kappa shape index (κ3) is 3.37. The predicted octanol–water partition coefficient (Wildman–Crippen LogP) is 2.38. The van der Waals surface area contributed by atoms with Crippen LogP contribution in [0.15, 0.2) is 24.3 Å². The number of aromatic hydroxyl groups is 1. The molecule has 2 N–H and O–H groups in total. The number of rotatable bonds is 3. The van der Waals surface area contributed by atoms with E-state index in [-0.39, 0.29) is 11.8 Å². The van der Waals surface area contributed by atoms with Crippen LogP contribution in [0.2, 0.25) is 0 Å². The van der Waals surface area contributed by atoms with Crippen LogP contribution in [0.3, 0.4) is 0 Å². The number of fused-ring (bicyclic) bond motifs is 1. The Labute approximate surface area is 152 Å². The van der Waals surface area contributed by atoms with Crippen LogP contribution >= 0.6 is 0 Å². The number of piperidine rings is 1. The zero-order valence-electron chi connectivity index (χ0n) is 14.8. The fourth-order valence-electron chi connectivity index (χ4n) is 3.83. The Balaban J connectivity index is 1.68. The number of likely N-dealkylation sites (tertiary alicyclic amines) is 1. The third-order valence-electron chi connectivity index (χ3n) is 5.01. The largest absolute Gasteiger partial charge is 0.507 e. The number of hydrogen-bond donors (Lipinski definition) is 2. The summed E-state index contributed by atoms with van der Waals surface area (Å²) in [5, 5.41) is 22.3. The minimum atomic E-state index is -0.841. The number of phenolic OH excluding ortho intramolecular Hbond substituents is 1. The van der Waals surface area contributed by atoms with E-state index in [1.165, 1.54) is 0 Å². The Morgan fingerprint density at radius 2 is 2.08 bits per heavy atom. The number of para-hydroxylation sites is 1. The average Bonchev–Trinajstić information content (AvgIpc) is 2.62. The molecule has 0 aliphatic carbocycles. The van der Waals surface area contributed by atoms with E-state index in [0.29, 0.717) is 49.7 Å². The van der Waals surface area contributed by atoms with Crippen LogP contribution in [0.1, 0.15) is 17.5 Å². The summed E-state index contributed by atoms with van der Waals surface area (Å²) in [7, 11) is 1.92. The predicted molar refractivity (Wildman–Crippen MR) is 96.9 cm³/mol. The van der Waals surface area contributed by atoms with Crippen LogP contribution in [0.25, 0.3) is 11.3 Å². The van der Waals surface area contributed by atoms with Crippen molar-refractivity contribution in [1.82, 2.24) is 15.1 Å². The van der Waals surface area contributed by atoms with Gasteiger partial charge < -0.3 is 20.1 Å². The molecule has 138 valence electrons. The molecule has 7 heteroatoms. The van der Waals surface area contributed by atoms with Gasteiger partial charge in [-0.05, 0) is 31.2 Å². The molecule has 1 aromatic carbocycles. The van der Waals surface area contributed by atoms with E-state index in [1.807, 2.05) is 24.1 Å². The molecule has 1 saturated heterocycles. The number of anilines is 1. The van der Waals surface area contributed by atoms with Crippen molar-refractivity contribution in [3.63, 3.8) is 0 Å². The first-order valence-electron chi connectivity index (χ1n) is 8.95. The maximum Gasteiger partial charge on any atom is 0.154 e. The van der Waals surface area contributed by atoms with Gasteiger partial charge in [-0.3, -0.25) is 0 Å². The minimum absolute atomic E-state index is 0.0138. The SMILES string of the molecule is CN1C[C@H](F)C[C@@H](Nc2nnc(-c3ccccc3O)c3c2COCC3)C1. The highest BCUT2D eigenvalue weighted by molar-refractivity contribution is 5.72. The molecule has 0 spiro atoms. The average molecular weight is 358 g/mol. The number of nitrogens with zero attached hydrogens (tertiary/aromatic N) is 3. The number of likely N-dealkylation sites (N-methyl/N-ethyl adjacent to an activating group) is 1. The normalized spacial score (nSPS) is 23.5. The van der Waals surface area contributed by atoms with Crippen molar-refractivity contribution in [1.29, 1.82) is 0 Å². The standard InChI is InChI=1S/C19H23FN4O2/c1-24-9-12(20)8-13(10-24)21-19-16-11-26-7-6-14(16)18(22-23-19)15-4-2-3-5-17(15)25/h2-5,12-13,25H,6-11H2,1H3,(H,21,23)/t12-,13-/m1/s1. The lowest BCUT2D eigenvalue weighted by atomic mass is 9.97. The minimum Gasteiger partial charge on any atom is -0.507 e. The summed E-state index contributed by atoms with van der Waals surface area (Å²) in [4.78, 5) is 1.98. The fraction of sp³-hybridized carbons (Fsp3) is 0.474. The van der Waals surface area contributed by atoms with Gasteiger partial charge in [0.25, 0.3) is 0 Å². The van der Waals surface area contributed by atoms with Gasteiger partial charge in [0, 0.05) is 36.7 Å². The molecule has 4 rings (SSSR count). The molecule has 0 saturated carbocycles. The Hall–Kier alpha value is -2.25. The van der Waals surface area contributed by atoms with Gasteiger partial charge in [-0.1, -0.05) is 12.1 Å². The van der Waals surface area contributed by atoms with Gasteiger partial charge in [-0.2, -0.15) is 0 Å². The summed E-state index contributed by atoms with van der Waals surface area (Å²) in [5.74, 6) is 0.844. The van der Waals surface area contributed by atoms with E-state index in [1.54, 1.807) is 12.1 Å². The Kier molecular flexibility index (Phi) is 4.74. The lowest BCUT2D eigenvalue weighted by Crippen LogP contribution is -2.45. The second-order valence-electron chi connectivity index (χ2n) is 7.07. The van der Waals surface area contributed by atoms with Crippen molar-refractivity contribution < 1.29 is 14.2 Å². The molecule has 0 unspecified atom stereocenters. The molecule has 2 atom stereocenters. The van der Waals surface area contributed by atoms with Gasteiger partial charge in [-0.15, -0.1) is 10.2 Å². The number of hydrogen-bond acceptors (Lipinski definition) is 6. The summed E-state index contributed by atoms with van der Waals surface area (Å²) < 4.78 is 19.5. The van der Waals surface area contributed by atoms with Crippen molar-refractivity contribution in [2.24, 2.45) is 0 Å². The quantitative estimate of drug-likeness (QED) is 0.878. The van der Waals surface area contributed by atoms with E-state index in [2.05, 4.69) is 15.5 Å². The monoisotopic (exact) mass is 358 g/mol. The highest BCUT2D eigenvalue weighted by Gasteiger charge is 2.28. The van der Waals surface area contributed by atoms with Crippen LogP contribution in [0, 0.1) is 0 Å². The van der Waals surface area contributed by atoms with Gasteiger partial charge in [0.2, 0.25) is 0 Å². The van der Waals surface area contributed by atoms with Crippen molar-refractivity contribution in [3.05, 3.63) is 35.4 Å². The van der Waals surface area contributed by atoms with Crippen molar-refractivity contribution in [3.8, 4) is 17.0 Å². The highest BCUT2D eigenvalue weighted by Crippen LogP contribution is 2.35. The summed E-state index contributed by atoms with van der Waals surface area (Å²) >= 11 is 0. The molecule has 1 fully saturated rings. The lowest BCUT2D eigenvalue weighted by Gasteiger charge is -2.33. The van der Waals surface area contributed by atoms with Crippen LogP contribution in [0.5, 0.6) is 5.75 Å². The maximum absolute atomic E-state index is 13.9. The molecule has 3 heterocycles. The van der Waals surface area contributed by atoms with Crippen LogP contribution in [-0.4, -0.2) is 59.2 Å². The van der Waals surface area contributed by atoms with Crippen molar-refractivity contribution >= 4 is 5.82 Å². The number of aromatic nitrogens is 2. The molecular formula is C19H23FN4O2. The fourth-order valence-corrected chi connectivity index (χ4v) is 3.83. The number of nitrogens with one attached hydrogen (secondary N) is 1. The first kappa shape index (κ1) is 17.2. The first-order chi connectivity index (χ1) is 12.6. The van der Waals surface area contributed by atoms with E-state index < -0.39 is 6.17 Å². The summed E-state index contributed by atoms with van der Waals surface area (Å²) in [6.07, 6.45) is 0.328. The molecule has 0 radical (unpaired) electrons. The number of ether oxygens (including phenoxy) is 1. The van der Waals surface area contributed by atoms with Crippen LogP contribution in [-0.2, 0) is 17.8 Å². The molecule has 26 heavy (non-hydrogen) atoms. The van der Waals surface area contributed by atoms with Gasteiger partial charge in [-0.25, -0.2) is 4.39 Å². The lowest BCUT2D eigenvalue weighted by molar-refractivity contribution is 0.110. The third-order valence-corrected chi connectivity index (χ3v) is 5.01. The second kappa shape index (κ2) is 7.17. The Morgan fingerprint density at radius 1 is 1.23 bits per heavy atom. The molecule has 2 aliphatic rings. The smallest absolute Gasteiger partial charge is 0.154 e. The Bertz CT molecular complexity index is 791. The molecule has 0 bridgehead atoms. The number of benzene rings is 1. The van der Waals surface area contributed by atoms with Gasteiger partial charge in [0.05, 0.1) is 13.2 Å². The number of alkyl halides is 1. The van der Waals surface area contributed by atoms with E-state index in [4.69, 9.17) is 4.74 Å². The summed E-state index contributed by atoms with van der Waals surface area (Å²) in [6.45, 7) is 2.28. The van der Waals surface area contributed by atoms with Crippen molar-refractivity contribution in [2.75, 3.05) is 32.1 Å². The zero-order valence-corrected chi connectivity index (χ0v) is 14.8. The first-order valence-corrected chi connectivity index (χ1v) is 8.95. The topological polar surface area (TPSA) is 70.5 Å². The van der Waals surface area contributed by atoms with Gasteiger partial charge in [0.15, 0.2) is 5.82 Å². The van der Waals surface area contributed by atoms with E-state index in [9.17, 15) is 9.50 Å².